The number of methoxy groups -OCH3 is 3. The summed E-state index contributed by atoms with van der Waals surface area (Å²) in [5.41, 5.74) is 2.70. The number of anilines is 1. The van der Waals surface area contributed by atoms with Gasteiger partial charge in [0.25, 0.3) is 0 Å². The number of amides is 1. The first-order valence-corrected chi connectivity index (χ1v) is 13.2. The molecule has 0 spiro atoms. The number of rotatable bonds is 10. The molecule has 0 radical (unpaired) electrons. The standard InChI is InChI=1S/C27H28N6O5S/c1-36-22-10-17(11-23(37-2)26(22)38-3)25(35)19-7-6-16(9-21(19)33-15-28-14-30-33)20-13-39-27(31-20)32-24(34)12-18-5-4-8-29-18/h6-7,9-11,13-15,18,29H,4-5,8,12H2,1-3H3,(H,31,32,34)/t18-/m0/s1. The van der Waals surface area contributed by atoms with Crippen LogP contribution in [-0.4, -0.2) is 65.4 Å². The lowest BCUT2D eigenvalue weighted by molar-refractivity contribution is -0.116. The van der Waals surface area contributed by atoms with Crippen LogP contribution in [0.3, 0.4) is 0 Å². The Morgan fingerprint density at radius 2 is 1.92 bits per heavy atom. The Bertz CT molecular complexity index is 1450. The first-order chi connectivity index (χ1) is 19.0. The number of ether oxygens (including phenoxy) is 3. The van der Waals surface area contributed by atoms with E-state index in [2.05, 4.69) is 25.7 Å². The van der Waals surface area contributed by atoms with Crippen LogP contribution in [0.2, 0.25) is 0 Å². The summed E-state index contributed by atoms with van der Waals surface area (Å²) in [5.74, 6) is 0.817. The zero-order chi connectivity index (χ0) is 27.4. The summed E-state index contributed by atoms with van der Waals surface area (Å²) < 4.78 is 17.8. The third kappa shape index (κ3) is 5.61. The van der Waals surface area contributed by atoms with Crippen molar-refractivity contribution in [2.24, 2.45) is 0 Å². The number of nitrogens with one attached hydrogen (secondary N) is 2. The minimum Gasteiger partial charge on any atom is -0.493 e. The Labute approximate surface area is 229 Å². The molecule has 1 atom stereocenters. The van der Waals surface area contributed by atoms with E-state index in [9.17, 15) is 9.59 Å². The quantitative estimate of drug-likeness (QED) is 0.285. The summed E-state index contributed by atoms with van der Waals surface area (Å²) in [6, 6.07) is 8.79. The topological polar surface area (TPSA) is 129 Å². The molecule has 5 rings (SSSR count). The highest BCUT2D eigenvalue weighted by molar-refractivity contribution is 7.14. The molecule has 202 valence electrons. The average Bonchev–Trinajstić information content (AvgIpc) is 3.75. The van der Waals surface area contributed by atoms with E-state index in [-0.39, 0.29) is 17.7 Å². The molecule has 1 amide bonds. The summed E-state index contributed by atoms with van der Waals surface area (Å²) in [5, 5.41) is 12.9. The molecule has 0 bridgehead atoms. The van der Waals surface area contributed by atoms with E-state index < -0.39 is 0 Å². The largest absolute Gasteiger partial charge is 0.493 e. The molecule has 1 fully saturated rings. The Hall–Kier alpha value is -4.29. The molecule has 4 aromatic rings. The molecule has 11 nitrogen and oxygen atoms in total. The number of thiazole rings is 1. The van der Waals surface area contributed by atoms with Crippen LogP contribution >= 0.6 is 11.3 Å². The SMILES string of the molecule is COc1cc(C(=O)c2ccc(-c3csc(NC(=O)C[C@@H]4CCCN4)n3)cc2-n2cncn2)cc(OC)c1OC. The smallest absolute Gasteiger partial charge is 0.227 e. The summed E-state index contributed by atoms with van der Waals surface area (Å²) in [6.45, 7) is 0.950. The van der Waals surface area contributed by atoms with Gasteiger partial charge in [0.2, 0.25) is 11.7 Å². The molecule has 12 heteroatoms. The normalized spacial score (nSPS) is 14.7. The first kappa shape index (κ1) is 26.3. The van der Waals surface area contributed by atoms with Gasteiger partial charge in [-0.05, 0) is 43.7 Å². The number of ketones is 1. The summed E-state index contributed by atoms with van der Waals surface area (Å²) in [4.78, 5) is 34.8. The van der Waals surface area contributed by atoms with Gasteiger partial charge in [0.15, 0.2) is 22.4 Å². The maximum absolute atomic E-state index is 13.7. The number of carbonyl (C=O) groups is 2. The van der Waals surface area contributed by atoms with E-state index in [0.717, 1.165) is 24.9 Å². The molecule has 0 unspecified atom stereocenters. The zero-order valence-corrected chi connectivity index (χ0v) is 22.6. The first-order valence-electron chi connectivity index (χ1n) is 12.3. The second kappa shape index (κ2) is 11.6. The highest BCUT2D eigenvalue weighted by Crippen LogP contribution is 2.39. The van der Waals surface area contributed by atoms with Crippen molar-refractivity contribution in [3.05, 3.63) is 59.5 Å². The van der Waals surface area contributed by atoms with Gasteiger partial charge < -0.3 is 24.8 Å². The van der Waals surface area contributed by atoms with Crippen molar-refractivity contribution in [1.29, 1.82) is 0 Å². The summed E-state index contributed by atoms with van der Waals surface area (Å²) >= 11 is 1.35. The van der Waals surface area contributed by atoms with Crippen LogP contribution in [0.25, 0.3) is 16.9 Å². The van der Waals surface area contributed by atoms with Gasteiger partial charge in [0.05, 0.1) is 32.7 Å². The van der Waals surface area contributed by atoms with Crippen LogP contribution in [0.5, 0.6) is 17.2 Å². The molecular formula is C27H28N6O5S. The molecule has 3 heterocycles. The van der Waals surface area contributed by atoms with Gasteiger partial charge in [-0.25, -0.2) is 14.6 Å². The molecular weight excluding hydrogens is 520 g/mol. The zero-order valence-electron chi connectivity index (χ0n) is 21.8. The van der Waals surface area contributed by atoms with Crippen LogP contribution in [0.1, 0.15) is 35.2 Å². The number of carbonyl (C=O) groups excluding carboxylic acids is 2. The highest BCUT2D eigenvalue weighted by Gasteiger charge is 2.22. The maximum Gasteiger partial charge on any atom is 0.227 e. The van der Waals surface area contributed by atoms with Crippen molar-refractivity contribution >= 4 is 28.2 Å². The average molecular weight is 549 g/mol. The monoisotopic (exact) mass is 548 g/mol. The Morgan fingerprint density at radius 3 is 2.56 bits per heavy atom. The number of aromatic nitrogens is 4. The predicted octanol–water partition coefficient (Wildman–Crippen LogP) is 3.73. The molecule has 2 aromatic carbocycles. The molecule has 2 aromatic heterocycles. The molecule has 39 heavy (non-hydrogen) atoms. The van der Waals surface area contributed by atoms with E-state index in [1.54, 1.807) is 18.2 Å². The second-order valence-electron chi connectivity index (χ2n) is 8.90. The summed E-state index contributed by atoms with van der Waals surface area (Å²) in [6.07, 6.45) is 5.43. The van der Waals surface area contributed by atoms with Gasteiger partial charge in [-0.2, -0.15) is 5.10 Å². The van der Waals surface area contributed by atoms with Gasteiger partial charge in [-0.1, -0.05) is 6.07 Å². The maximum atomic E-state index is 13.7. The lowest BCUT2D eigenvalue weighted by Gasteiger charge is -2.15. The van der Waals surface area contributed by atoms with Crippen LogP contribution in [0, 0.1) is 0 Å². The Balaban J connectivity index is 1.45. The molecule has 0 saturated carbocycles. The van der Waals surface area contributed by atoms with Gasteiger partial charge in [0, 0.05) is 34.5 Å². The number of nitrogens with zero attached hydrogens (tertiary/aromatic N) is 4. The van der Waals surface area contributed by atoms with E-state index in [0.29, 0.717) is 51.3 Å². The van der Waals surface area contributed by atoms with Crippen LogP contribution in [0.15, 0.2) is 48.4 Å². The van der Waals surface area contributed by atoms with Crippen molar-refractivity contribution in [1.82, 2.24) is 25.1 Å². The van der Waals surface area contributed by atoms with E-state index in [1.807, 2.05) is 17.5 Å². The van der Waals surface area contributed by atoms with Crippen LogP contribution in [0.4, 0.5) is 5.13 Å². The molecule has 1 saturated heterocycles. The minimum absolute atomic E-state index is 0.0649. The van der Waals surface area contributed by atoms with Gasteiger partial charge in [0.1, 0.15) is 12.7 Å². The highest BCUT2D eigenvalue weighted by atomic mass is 32.1. The fourth-order valence-electron chi connectivity index (χ4n) is 4.56. The Kier molecular flexibility index (Phi) is 7.84. The number of hydrogen-bond acceptors (Lipinski definition) is 10. The van der Waals surface area contributed by atoms with Crippen LogP contribution in [-0.2, 0) is 4.79 Å². The van der Waals surface area contributed by atoms with Crippen molar-refractivity contribution in [2.45, 2.75) is 25.3 Å². The third-order valence-electron chi connectivity index (χ3n) is 6.48. The van der Waals surface area contributed by atoms with E-state index in [4.69, 9.17) is 14.2 Å². The molecule has 2 N–H and O–H groups in total. The third-order valence-corrected chi connectivity index (χ3v) is 7.23. The van der Waals surface area contributed by atoms with Crippen molar-refractivity contribution in [2.75, 3.05) is 33.2 Å². The van der Waals surface area contributed by atoms with Crippen molar-refractivity contribution < 1.29 is 23.8 Å². The summed E-state index contributed by atoms with van der Waals surface area (Å²) in [7, 11) is 4.50. The van der Waals surface area contributed by atoms with E-state index in [1.165, 1.54) is 50.0 Å². The number of hydrogen-bond donors (Lipinski definition) is 2. The van der Waals surface area contributed by atoms with E-state index >= 15 is 0 Å². The minimum atomic E-state index is -0.266. The van der Waals surface area contributed by atoms with Crippen molar-refractivity contribution in [3.8, 4) is 34.2 Å². The lowest BCUT2D eigenvalue weighted by atomic mass is 9.98. The van der Waals surface area contributed by atoms with Gasteiger partial charge in [-0.3, -0.25) is 9.59 Å². The number of benzene rings is 2. The lowest BCUT2D eigenvalue weighted by Crippen LogP contribution is -2.27. The fraction of sp³-hybridized carbons (Fsp3) is 0.296. The molecule has 1 aliphatic rings. The fourth-order valence-corrected chi connectivity index (χ4v) is 5.30. The second-order valence-corrected chi connectivity index (χ2v) is 9.76. The molecule has 1 aliphatic heterocycles. The van der Waals surface area contributed by atoms with Gasteiger partial charge in [-0.15, -0.1) is 11.3 Å². The predicted molar refractivity (Wildman–Crippen MR) is 146 cm³/mol. The van der Waals surface area contributed by atoms with Crippen LogP contribution < -0.4 is 24.8 Å². The molecule has 0 aliphatic carbocycles. The van der Waals surface area contributed by atoms with Crippen molar-refractivity contribution in [3.63, 3.8) is 0 Å². The Morgan fingerprint density at radius 1 is 1.13 bits per heavy atom. The van der Waals surface area contributed by atoms with Gasteiger partial charge >= 0.3 is 0 Å².